The molecule has 2 aliphatic heterocycles. The van der Waals surface area contributed by atoms with Crippen molar-refractivity contribution in [2.24, 2.45) is 0 Å². The van der Waals surface area contributed by atoms with Gasteiger partial charge in [-0.1, -0.05) is 29.8 Å². The van der Waals surface area contributed by atoms with E-state index in [0.29, 0.717) is 18.2 Å². The van der Waals surface area contributed by atoms with Gasteiger partial charge in [0.25, 0.3) is 0 Å². The third-order valence-electron chi connectivity index (χ3n) is 5.96. The van der Waals surface area contributed by atoms with Gasteiger partial charge in [-0.05, 0) is 50.2 Å². The molecule has 30 heavy (non-hydrogen) atoms. The van der Waals surface area contributed by atoms with Crippen molar-refractivity contribution in [1.29, 1.82) is 0 Å². The van der Waals surface area contributed by atoms with Crippen LogP contribution < -0.4 is 10.1 Å². The SMILES string of the molecule is O=C(CN1CCC(c2nc3cc(Cl)ccc3o2)CC1)NC1CCOc2ccccc21. The molecule has 6 nitrogen and oxygen atoms in total. The minimum atomic E-state index is 0.0200. The summed E-state index contributed by atoms with van der Waals surface area (Å²) in [5, 5.41) is 3.85. The molecule has 1 unspecified atom stereocenters. The van der Waals surface area contributed by atoms with Crippen LogP contribution in [0, 0.1) is 0 Å². The molecule has 3 aromatic rings. The molecule has 2 aromatic carbocycles. The lowest BCUT2D eigenvalue weighted by molar-refractivity contribution is -0.123. The molecule has 3 heterocycles. The number of carbonyl (C=O) groups excluding carboxylic acids is 1. The van der Waals surface area contributed by atoms with E-state index in [9.17, 15) is 4.79 Å². The first-order valence-corrected chi connectivity index (χ1v) is 10.8. The number of ether oxygens (including phenoxy) is 1. The second-order valence-corrected chi connectivity index (χ2v) is 8.45. The van der Waals surface area contributed by atoms with Crippen LogP contribution in [0.2, 0.25) is 5.02 Å². The summed E-state index contributed by atoms with van der Waals surface area (Å²) < 4.78 is 11.6. The second-order valence-electron chi connectivity index (χ2n) is 8.01. The van der Waals surface area contributed by atoms with Gasteiger partial charge in [0, 0.05) is 22.9 Å². The fourth-order valence-corrected chi connectivity index (χ4v) is 4.53. The van der Waals surface area contributed by atoms with Crippen molar-refractivity contribution in [3.63, 3.8) is 0 Å². The maximum absolute atomic E-state index is 12.7. The molecule has 2 aliphatic rings. The quantitative estimate of drug-likeness (QED) is 0.675. The average molecular weight is 426 g/mol. The van der Waals surface area contributed by atoms with Crippen LogP contribution >= 0.6 is 11.6 Å². The molecule has 1 N–H and O–H groups in total. The van der Waals surface area contributed by atoms with Crippen LogP contribution in [-0.2, 0) is 4.79 Å². The lowest BCUT2D eigenvalue weighted by Gasteiger charge is -2.31. The number of halogens is 1. The smallest absolute Gasteiger partial charge is 0.234 e. The van der Waals surface area contributed by atoms with E-state index in [0.717, 1.165) is 60.7 Å². The molecule has 1 aromatic heterocycles. The Kier molecular flexibility index (Phi) is 5.35. The fourth-order valence-electron chi connectivity index (χ4n) is 4.37. The number of piperidine rings is 1. The van der Waals surface area contributed by atoms with Gasteiger partial charge in [-0.3, -0.25) is 9.69 Å². The van der Waals surface area contributed by atoms with E-state index >= 15 is 0 Å². The number of amides is 1. The summed E-state index contributed by atoms with van der Waals surface area (Å²) in [5.74, 6) is 1.98. The largest absolute Gasteiger partial charge is 0.493 e. The summed E-state index contributed by atoms with van der Waals surface area (Å²) in [4.78, 5) is 19.5. The van der Waals surface area contributed by atoms with Crippen molar-refractivity contribution >= 4 is 28.6 Å². The summed E-state index contributed by atoms with van der Waals surface area (Å²) >= 11 is 6.05. The molecule has 1 fully saturated rings. The molecular formula is C23H24ClN3O3. The number of aromatic nitrogens is 1. The van der Waals surface area contributed by atoms with Gasteiger partial charge >= 0.3 is 0 Å². The highest BCUT2D eigenvalue weighted by atomic mass is 35.5. The van der Waals surface area contributed by atoms with E-state index in [1.165, 1.54) is 0 Å². The molecule has 0 saturated carbocycles. The molecule has 0 radical (unpaired) electrons. The van der Waals surface area contributed by atoms with Gasteiger partial charge in [-0.15, -0.1) is 0 Å². The molecular weight excluding hydrogens is 402 g/mol. The first-order chi connectivity index (χ1) is 14.7. The van der Waals surface area contributed by atoms with Gasteiger partial charge in [-0.25, -0.2) is 4.98 Å². The lowest BCUT2D eigenvalue weighted by Crippen LogP contribution is -2.43. The number of likely N-dealkylation sites (tertiary alicyclic amines) is 1. The third kappa shape index (κ3) is 4.02. The number of nitrogens with one attached hydrogen (secondary N) is 1. The molecule has 1 amide bonds. The van der Waals surface area contributed by atoms with Crippen LogP contribution in [0.5, 0.6) is 5.75 Å². The summed E-state index contributed by atoms with van der Waals surface area (Å²) in [6.07, 6.45) is 2.65. The molecule has 0 aliphatic carbocycles. The molecule has 1 saturated heterocycles. The first kappa shape index (κ1) is 19.4. The summed E-state index contributed by atoms with van der Waals surface area (Å²) in [5.41, 5.74) is 2.64. The highest BCUT2D eigenvalue weighted by Gasteiger charge is 2.27. The number of hydrogen-bond acceptors (Lipinski definition) is 5. The van der Waals surface area contributed by atoms with E-state index in [2.05, 4.69) is 15.2 Å². The topological polar surface area (TPSA) is 67.6 Å². The molecule has 7 heteroatoms. The number of rotatable bonds is 4. The van der Waals surface area contributed by atoms with Crippen LogP contribution in [0.1, 0.15) is 42.7 Å². The van der Waals surface area contributed by atoms with Crippen molar-refractivity contribution in [3.8, 4) is 5.75 Å². The van der Waals surface area contributed by atoms with Gasteiger partial charge < -0.3 is 14.5 Å². The van der Waals surface area contributed by atoms with Gasteiger partial charge in [-0.2, -0.15) is 0 Å². The Hall–Kier alpha value is -2.57. The number of carbonyl (C=O) groups is 1. The minimum Gasteiger partial charge on any atom is -0.493 e. The van der Waals surface area contributed by atoms with Gasteiger partial charge in [0.1, 0.15) is 11.3 Å². The Labute approximate surface area is 180 Å². The lowest BCUT2D eigenvalue weighted by atomic mass is 9.96. The first-order valence-electron chi connectivity index (χ1n) is 10.4. The highest BCUT2D eigenvalue weighted by Crippen LogP contribution is 2.32. The Morgan fingerprint density at radius 3 is 2.87 bits per heavy atom. The van der Waals surface area contributed by atoms with Gasteiger partial charge in [0.15, 0.2) is 11.5 Å². The zero-order valence-electron chi connectivity index (χ0n) is 16.6. The number of oxazole rings is 1. The van der Waals surface area contributed by atoms with Crippen LogP contribution in [0.25, 0.3) is 11.1 Å². The van der Waals surface area contributed by atoms with Crippen molar-refractivity contribution in [2.45, 2.75) is 31.2 Å². The Balaban J connectivity index is 1.16. The van der Waals surface area contributed by atoms with Gasteiger partial charge in [0.2, 0.25) is 5.91 Å². The van der Waals surface area contributed by atoms with Crippen molar-refractivity contribution in [1.82, 2.24) is 15.2 Å². The number of hydrogen-bond donors (Lipinski definition) is 1. The summed E-state index contributed by atoms with van der Waals surface area (Å²) in [6, 6.07) is 13.5. The van der Waals surface area contributed by atoms with Gasteiger partial charge in [0.05, 0.1) is 19.2 Å². The maximum atomic E-state index is 12.7. The highest BCUT2D eigenvalue weighted by molar-refractivity contribution is 6.31. The average Bonchev–Trinajstić information content (AvgIpc) is 3.18. The second kappa shape index (κ2) is 8.28. The molecule has 156 valence electrons. The summed E-state index contributed by atoms with van der Waals surface area (Å²) in [6.45, 7) is 2.74. The van der Waals surface area contributed by atoms with E-state index in [-0.39, 0.29) is 17.9 Å². The Bertz CT molecular complexity index is 1060. The zero-order chi connectivity index (χ0) is 20.5. The number of fused-ring (bicyclic) bond motifs is 2. The van der Waals surface area contributed by atoms with Crippen molar-refractivity contribution < 1.29 is 13.9 Å². The third-order valence-corrected chi connectivity index (χ3v) is 6.20. The van der Waals surface area contributed by atoms with Crippen LogP contribution in [0.4, 0.5) is 0 Å². The number of benzene rings is 2. The van der Waals surface area contributed by atoms with E-state index < -0.39 is 0 Å². The van der Waals surface area contributed by atoms with Crippen molar-refractivity contribution in [3.05, 3.63) is 58.9 Å². The van der Waals surface area contributed by atoms with E-state index in [1.807, 2.05) is 42.5 Å². The van der Waals surface area contributed by atoms with Crippen LogP contribution in [0.15, 0.2) is 46.9 Å². The molecule has 0 bridgehead atoms. The Morgan fingerprint density at radius 1 is 1.17 bits per heavy atom. The monoisotopic (exact) mass is 425 g/mol. The number of para-hydroxylation sites is 1. The predicted octanol–water partition coefficient (Wildman–Crippen LogP) is 4.30. The fraction of sp³-hybridized carbons (Fsp3) is 0.391. The standard InChI is InChI=1S/C23H24ClN3O3/c24-16-5-6-21-19(13-16)26-23(30-21)15-7-10-27(11-8-15)14-22(28)25-18-9-12-29-20-4-2-1-3-17(18)20/h1-6,13,15,18H,7-12,14H2,(H,25,28). The van der Waals surface area contributed by atoms with Crippen molar-refractivity contribution in [2.75, 3.05) is 26.2 Å². The Morgan fingerprint density at radius 2 is 2.00 bits per heavy atom. The molecule has 0 spiro atoms. The van der Waals surface area contributed by atoms with Crippen LogP contribution in [-0.4, -0.2) is 42.0 Å². The summed E-state index contributed by atoms with van der Waals surface area (Å²) in [7, 11) is 0. The molecule has 5 rings (SSSR count). The number of nitrogens with zero attached hydrogens (tertiary/aromatic N) is 2. The zero-order valence-corrected chi connectivity index (χ0v) is 17.4. The van der Waals surface area contributed by atoms with E-state index in [1.54, 1.807) is 0 Å². The maximum Gasteiger partial charge on any atom is 0.234 e. The normalized spacial score (nSPS) is 20.0. The minimum absolute atomic E-state index is 0.0200. The molecule has 1 atom stereocenters. The van der Waals surface area contributed by atoms with E-state index in [4.69, 9.17) is 20.8 Å². The predicted molar refractivity (Wildman–Crippen MR) is 115 cm³/mol. The van der Waals surface area contributed by atoms with Crippen LogP contribution in [0.3, 0.4) is 0 Å².